The second-order valence-electron chi connectivity index (χ2n) is 7.78. The van der Waals surface area contributed by atoms with E-state index in [1.165, 1.54) is 12.8 Å². The summed E-state index contributed by atoms with van der Waals surface area (Å²) in [6.45, 7) is 4.05. The number of aromatic amines is 1. The number of aromatic nitrogens is 1. The summed E-state index contributed by atoms with van der Waals surface area (Å²) in [5.41, 5.74) is 1.39. The molecule has 0 unspecified atom stereocenters. The van der Waals surface area contributed by atoms with Crippen molar-refractivity contribution in [3.05, 3.63) is 81.8 Å². The molecule has 2 amide bonds. The zero-order valence-corrected chi connectivity index (χ0v) is 17.3. The van der Waals surface area contributed by atoms with Crippen LogP contribution in [0.2, 0.25) is 0 Å². The first kappa shape index (κ1) is 20.8. The number of benzene rings is 2. The number of fused-ring (bicyclic) bond motifs is 1. The molecule has 3 aromatic rings. The number of pyridine rings is 1. The SMILES string of the molecule is O=C(NCCN1CCCC1)c1ccc(CNC(=O)c2cc3ccccc3c(=O)[nH]2)cc1. The number of hydrogen-bond donors (Lipinski definition) is 3. The van der Waals surface area contributed by atoms with Gasteiger partial charge >= 0.3 is 0 Å². The lowest BCUT2D eigenvalue weighted by Gasteiger charge is -2.14. The maximum absolute atomic E-state index is 12.5. The molecule has 0 atom stereocenters. The van der Waals surface area contributed by atoms with Crippen molar-refractivity contribution >= 4 is 22.6 Å². The van der Waals surface area contributed by atoms with Gasteiger partial charge in [0.2, 0.25) is 0 Å². The number of rotatable bonds is 7. The Labute approximate surface area is 180 Å². The largest absolute Gasteiger partial charge is 0.351 e. The molecule has 0 saturated carbocycles. The van der Waals surface area contributed by atoms with Crippen molar-refractivity contribution in [2.24, 2.45) is 0 Å². The molecule has 7 nitrogen and oxygen atoms in total. The topological polar surface area (TPSA) is 94.3 Å². The third-order valence-corrected chi connectivity index (χ3v) is 5.58. The molecule has 1 saturated heterocycles. The average molecular weight is 418 g/mol. The first-order chi connectivity index (χ1) is 15.1. The minimum absolute atomic E-state index is 0.0940. The van der Waals surface area contributed by atoms with E-state index >= 15 is 0 Å². The Morgan fingerprint density at radius 2 is 1.68 bits per heavy atom. The van der Waals surface area contributed by atoms with E-state index in [-0.39, 0.29) is 23.1 Å². The summed E-state index contributed by atoms with van der Waals surface area (Å²) < 4.78 is 0. The molecule has 1 fully saturated rings. The smallest absolute Gasteiger partial charge is 0.268 e. The van der Waals surface area contributed by atoms with Crippen LogP contribution in [0.4, 0.5) is 0 Å². The number of H-pyrrole nitrogens is 1. The molecule has 0 spiro atoms. The molecule has 2 heterocycles. The molecule has 1 aliphatic heterocycles. The van der Waals surface area contributed by atoms with E-state index in [1.807, 2.05) is 18.2 Å². The van der Waals surface area contributed by atoms with Crippen molar-refractivity contribution in [2.45, 2.75) is 19.4 Å². The Bertz CT molecular complexity index is 1130. The molecule has 4 rings (SSSR count). The van der Waals surface area contributed by atoms with E-state index in [9.17, 15) is 14.4 Å². The van der Waals surface area contributed by atoms with Crippen LogP contribution in [0.5, 0.6) is 0 Å². The van der Waals surface area contributed by atoms with Gasteiger partial charge in [0.15, 0.2) is 0 Å². The van der Waals surface area contributed by atoms with E-state index in [1.54, 1.807) is 36.4 Å². The molecule has 0 aliphatic carbocycles. The van der Waals surface area contributed by atoms with Crippen molar-refractivity contribution in [3.8, 4) is 0 Å². The Morgan fingerprint density at radius 1 is 0.935 bits per heavy atom. The van der Waals surface area contributed by atoms with Gasteiger partial charge in [-0.05, 0) is 61.1 Å². The quantitative estimate of drug-likeness (QED) is 0.549. The van der Waals surface area contributed by atoms with Crippen molar-refractivity contribution in [1.29, 1.82) is 0 Å². The lowest BCUT2D eigenvalue weighted by molar-refractivity contribution is 0.0938. The molecule has 160 valence electrons. The fraction of sp³-hybridized carbons (Fsp3) is 0.292. The summed E-state index contributed by atoms with van der Waals surface area (Å²) in [6, 6.07) is 16.0. The first-order valence-corrected chi connectivity index (χ1v) is 10.6. The van der Waals surface area contributed by atoms with Gasteiger partial charge in [-0.2, -0.15) is 0 Å². The fourth-order valence-electron chi connectivity index (χ4n) is 3.82. The van der Waals surface area contributed by atoms with Crippen LogP contribution < -0.4 is 16.2 Å². The zero-order valence-electron chi connectivity index (χ0n) is 17.3. The minimum atomic E-state index is -0.355. The summed E-state index contributed by atoms with van der Waals surface area (Å²) in [5, 5.41) is 7.03. The maximum atomic E-state index is 12.5. The highest BCUT2D eigenvalue weighted by Crippen LogP contribution is 2.10. The lowest BCUT2D eigenvalue weighted by atomic mass is 10.1. The Hall–Kier alpha value is -3.45. The Kier molecular flexibility index (Phi) is 6.43. The zero-order chi connectivity index (χ0) is 21.6. The van der Waals surface area contributed by atoms with Crippen molar-refractivity contribution in [2.75, 3.05) is 26.2 Å². The summed E-state index contributed by atoms with van der Waals surface area (Å²) in [4.78, 5) is 41.9. The first-order valence-electron chi connectivity index (χ1n) is 10.6. The Balaban J connectivity index is 1.30. The van der Waals surface area contributed by atoms with Crippen LogP contribution in [0.3, 0.4) is 0 Å². The second-order valence-corrected chi connectivity index (χ2v) is 7.78. The average Bonchev–Trinajstić information content (AvgIpc) is 3.31. The summed E-state index contributed by atoms with van der Waals surface area (Å²) in [7, 11) is 0. The number of carbonyl (C=O) groups excluding carboxylic acids is 2. The van der Waals surface area contributed by atoms with Gasteiger partial charge in [-0.25, -0.2) is 0 Å². The molecule has 1 aromatic heterocycles. The number of likely N-dealkylation sites (tertiary alicyclic amines) is 1. The van der Waals surface area contributed by atoms with E-state index in [0.29, 0.717) is 24.0 Å². The molecule has 0 bridgehead atoms. The van der Waals surface area contributed by atoms with Crippen molar-refractivity contribution in [3.63, 3.8) is 0 Å². The van der Waals surface area contributed by atoms with Crippen LogP contribution in [0, 0.1) is 0 Å². The molecule has 31 heavy (non-hydrogen) atoms. The number of nitrogens with zero attached hydrogens (tertiary/aromatic N) is 1. The molecular weight excluding hydrogens is 392 g/mol. The van der Waals surface area contributed by atoms with Crippen LogP contribution >= 0.6 is 0 Å². The van der Waals surface area contributed by atoms with Gasteiger partial charge in [-0.15, -0.1) is 0 Å². The van der Waals surface area contributed by atoms with Crippen LogP contribution in [0.15, 0.2) is 59.4 Å². The highest BCUT2D eigenvalue weighted by molar-refractivity contribution is 5.96. The normalized spacial score (nSPS) is 13.9. The summed E-state index contributed by atoms with van der Waals surface area (Å²) in [6.07, 6.45) is 2.48. The summed E-state index contributed by atoms with van der Waals surface area (Å²) >= 11 is 0. The van der Waals surface area contributed by atoms with Gasteiger partial charge in [-0.3, -0.25) is 14.4 Å². The van der Waals surface area contributed by atoms with Gasteiger partial charge in [0, 0.05) is 30.6 Å². The standard InChI is InChI=1S/C24H26N4O3/c29-22(25-11-14-28-12-3-4-13-28)18-9-7-17(8-10-18)16-26-24(31)21-15-19-5-1-2-6-20(19)23(30)27-21/h1-2,5-10,15H,3-4,11-14,16H2,(H,25,29)(H,26,31)(H,27,30). The van der Waals surface area contributed by atoms with E-state index < -0.39 is 0 Å². The number of carbonyl (C=O) groups is 2. The highest BCUT2D eigenvalue weighted by Gasteiger charge is 2.12. The van der Waals surface area contributed by atoms with Crippen LogP contribution in [-0.2, 0) is 6.54 Å². The summed E-state index contributed by atoms with van der Waals surface area (Å²) in [5.74, 6) is -0.449. The number of amides is 2. The lowest BCUT2D eigenvalue weighted by Crippen LogP contribution is -2.33. The van der Waals surface area contributed by atoms with Gasteiger partial charge in [0.05, 0.1) is 0 Å². The molecule has 0 radical (unpaired) electrons. The van der Waals surface area contributed by atoms with Crippen molar-refractivity contribution in [1.82, 2.24) is 20.5 Å². The minimum Gasteiger partial charge on any atom is -0.351 e. The molecular formula is C24H26N4O3. The second kappa shape index (κ2) is 9.57. The number of hydrogen-bond acceptors (Lipinski definition) is 4. The van der Waals surface area contributed by atoms with E-state index in [4.69, 9.17) is 0 Å². The maximum Gasteiger partial charge on any atom is 0.268 e. The van der Waals surface area contributed by atoms with Crippen LogP contribution in [0.1, 0.15) is 39.3 Å². The number of nitrogens with one attached hydrogen (secondary N) is 3. The fourth-order valence-corrected chi connectivity index (χ4v) is 3.82. The van der Waals surface area contributed by atoms with E-state index in [0.717, 1.165) is 30.6 Å². The van der Waals surface area contributed by atoms with Crippen molar-refractivity contribution < 1.29 is 9.59 Å². The monoisotopic (exact) mass is 418 g/mol. The third-order valence-electron chi connectivity index (χ3n) is 5.58. The van der Waals surface area contributed by atoms with Gasteiger partial charge < -0.3 is 20.5 Å². The van der Waals surface area contributed by atoms with Crippen LogP contribution in [0.25, 0.3) is 10.8 Å². The van der Waals surface area contributed by atoms with E-state index in [2.05, 4.69) is 20.5 Å². The predicted octanol–water partition coefficient (Wildman–Crippen LogP) is 2.28. The van der Waals surface area contributed by atoms with Gasteiger partial charge in [0.25, 0.3) is 17.4 Å². The molecule has 3 N–H and O–H groups in total. The predicted molar refractivity (Wildman–Crippen MR) is 120 cm³/mol. The molecule has 1 aliphatic rings. The van der Waals surface area contributed by atoms with Crippen LogP contribution in [-0.4, -0.2) is 47.9 Å². The Morgan fingerprint density at radius 3 is 2.45 bits per heavy atom. The highest BCUT2D eigenvalue weighted by atomic mass is 16.2. The molecule has 7 heteroatoms. The van der Waals surface area contributed by atoms with Gasteiger partial charge in [0.1, 0.15) is 5.69 Å². The molecule has 2 aromatic carbocycles. The third kappa shape index (κ3) is 5.19. The van der Waals surface area contributed by atoms with Gasteiger partial charge in [-0.1, -0.05) is 30.3 Å².